The highest BCUT2D eigenvalue weighted by Crippen LogP contribution is 2.35. The Kier molecular flexibility index (Phi) is 17.5. The summed E-state index contributed by atoms with van der Waals surface area (Å²) >= 11 is 11.1. The molecular formula is C26H32ClN5O2S2. The molecule has 0 unspecified atom stereocenters. The zero-order valence-electron chi connectivity index (χ0n) is 20.5. The number of benzene rings is 2. The molecule has 2 aromatic heterocycles. The maximum Gasteiger partial charge on any atom is 0.204 e. The molecule has 1 amide bonds. The van der Waals surface area contributed by atoms with Gasteiger partial charge < -0.3 is 16.3 Å². The van der Waals surface area contributed by atoms with E-state index >= 15 is 0 Å². The van der Waals surface area contributed by atoms with Gasteiger partial charge in [0.15, 0.2) is 0 Å². The minimum Gasteiger partial charge on any atom is -0.372 e. The van der Waals surface area contributed by atoms with Crippen LogP contribution in [0.3, 0.4) is 0 Å². The zero-order chi connectivity index (χ0) is 27.5. The van der Waals surface area contributed by atoms with Crippen molar-refractivity contribution < 1.29 is 9.59 Å². The van der Waals surface area contributed by atoms with Crippen molar-refractivity contribution in [1.29, 1.82) is 0 Å². The van der Waals surface area contributed by atoms with Crippen LogP contribution in [-0.2, 0) is 16.0 Å². The molecule has 2 aromatic carbocycles. The van der Waals surface area contributed by atoms with E-state index in [-0.39, 0.29) is 6.41 Å². The van der Waals surface area contributed by atoms with Crippen molar-refractivity contribution in [1.82, 2.24) is 9.97 Å². The topological polar surface area (TPSA) is 138 Å². The highest BCUT2D eigenvalue weighted by atomic mass is 35.5. The fraction of sp³-hybridized carbons (Fsp3) is 0.154. The van der Waals surface area contributed by atoms with Gasteiger partial charge in [0.05, 0.1) is 15.6 Å². The number of thiazole rings is 1. The van der Waals surface area contributed by atoms with Crippen LogP contribution in [0.25, 0.3) is 21.6 Å². The van der Waals surface area contributed by atoms with Gasteiger partial charge in [-0.2, -0.15) is 0 Å². The van der Waals surface area contributed by atoms with E-state index in [1.807, 2.05) is 31.2 Å². The lowest BCUT2D eigenvalue weighted by atomic mass is 10.1. The van der Waals surface area contributed by atoms with E-state index in [0.717, 1.165) is 38.7 Å². The molecule has 0 spiro atoms. The van der Waals surface area contributed by atoms with Crippen LogP contribution in [0.15, 0.2) is 66.9 Å². The summed E-state index contributed by atoms with van der Waals surface area (Å²) < 4.78 is 0. The van der Waals surface area contributed by atoms with E-state index in [1.54, 1.807) is 11.3 Å². The van der Waals surface area contributed by atoms with Gasteiger partial charge in [-0.3, -0.25) is 9.93 Å². The smallest absolute Gasteiger partial charge is 0.204 e. The van der Waals surface area contributed by atoms with Crippen molar-refractivity contribution in [3.8, 4) is 21.6 Å². The standard InChI is InChI=1S/C23H19ClN2S.CH3NO.CH5N.CH2O.H3NS/c1-15-8-10-17(11-9-15)12-21-26-16(2)22(27-21)19-13-20(23(24)25-14-19)18-6-4-3-5-7-18;2-1-3;3*1-2/h3-11,13-14H,12H2,1-2H3;1H,(H2,2,3);2H2,1H3;1H2;2H,1H2. The summed E-state index contributed by atoms with van der Waals surface area (Å²) in [7, 11) is 1.50. The average Bonchev–Trinajstić information content (AvgIpc) is 3.30. The minimum absolute atomic E-state index is 0.250. The highest BCUT2D eigenvalue weighted by molar-refractivity contribution is 7.77. The lowest BCUT2D eigenvalue weighted by Gasteiger charge is -2.06. The summed E-state index contributed by atoms with van der Waals surface area (Å²) in [6.07, 6.45) is 2.93. The average molecular weight is 546 g/mol. The second-order valence-electron chi connectivity index (χ2n) is 6.75. The van der Waals surface area contributed by atoms with Crippen molar-refractivity contribution in [3.05, 3.63) is 93.8 Å². The zero-order valence-corrected chi connectivity index (χ0v) is 23.0. The number of carbonyl (C=O) groups excluding carboxylic acids is 2. The van der Waals surface area contributed by atoms with Crippen molar-refractivity contribution in [2.24, 2.45) is 16.6 Å². The molecule has 10 heteroatoms. The highest BCUT2D eigenvalue weighted by Gasteiger charge is 2.13. The summed E-state index contributed by atoms with van der Waals surface area (Å²) in [6, 6.07) is 20.9. The van der Waals surface area contributed by atoms with Gasteiger partial charge in [-0.1, -0.05) is 71.8 Å². The van der Waals surface area contributed by atoms with Crippen LogP contribution >= 0.6 is 35.8 Å². The predicted molar refractivity (Wildman–Crippen MR) is 155 cm³/mol. The Morgan fingerprint density at radius 2 is 1.56 bits per heavy atom. The Morgan fingerprint density at radius 3 is 2.11 bits per heavy atom. The number of rotatable bonds is 4. The summed E-state index contributed by atoms with van der Waals surface area (Å²) in [5.74, 6) is 0. The molecule has 0 aliphatic heterocycles. The molecule has 0 saturated carbocycles. The fourth-order valence-corrected chi connectivity index (χ4v) is 4.36. The molecule has 7 nitrogen and oxygen atoms in total. The van der Waals surface area contributed by atoms with Crippen LogP contribution in [0, 0.1) is 13.8 Å². The maximum atomic E-state index is 8.58. The molecule has 4 aromatic rings. The number of aromatic nitrogens is 2. The Balaban J connectivity index is 0.00000122. The van der Waals surface area contributed by atoms with Crippen molar-refractivity contribution >= 4 is 49.0 Å². The van der Waals surface area contributed by atoms with Gasteiger partial charge in [0.25, 0.3) is 0 Å². The second-order valence-corrected chi connectivity index (χ2v) is 8.19. The molecule has 0 aliphatic carbocycles. The van der Waals surface area contributed by atoms with Gasteiger partial charge in [0.2, 0.25) is 6.41 Å². The van der Waals surface area contributed by atoms with Crippen LogP contribution < -0.4 is 16.6 Å². The summed E-state index contributed by atoms with van der Waals surface area (Å²) in [5, 5.41) is 5.83. The quantitative estimate of drug-likeness (QED) is 0.161. The number of pyridine rings is 1. The number of amides is 1. The summed E-state index contributed by atoms with van der Waals surface area (Å²) in [4.78, 5) is 26.9. The van der Waals surface area contributed by atoms with E-state index in [2.05, 4.69) is 90.7 Å². The predicted octanol–water partition coefficient (Wildman–Crippen LogP) is 5.01. The van der Waals surface area contributed by atoms with Crippen molar-refractivity contribution in [3.63, 3.8) is 0 Å². The Hall–Kier alpha value is -3.08. The van der Waals surface area contributed by atoms with Gasteiger partial charge in [-0.05, 0) is 38.1 Å². The van der Waals surface area contributed by atoms with E-state index in [9.17, 15) is 0 Å². The number of nitrogens with two attached hydrogens (primary N) is 3. The Morgan fingerprint density at radius 1 is 1.00 bits per heavy atom. The van der Waals surface area contributed by atoms with Gasteiger partial charge in [-0.25, -0.2) is 9.97 Å². The van der Waals surface area contributed by atoms with Crippen LogP contribution in [0.1, 0.15) is 21.8 Å². The lowest BCUT2D eigenvalue weighted by molar-refractivity contribution is -0.107. The second kappa shape index (κ2) is 19.1. The molecule has 0 atom stereocenters. The minimum atomic E-state index is 0.250. The largest absolute Gasteiger partial charge is 0.372 e. The lowest BCUT2D eigenvalue weighted by Crippen LogP contribution is -1.87. The van der Waals surface area contributed by atoms with Crippen molar-refractivity contribution in [2.45, 2.75) is 20.3 Å². The molecule has 36 heavy (non-hydrogen) atoms. The molecule has 192 valence electrons. The van der Waals surface area contributed by atoms with Crippen LogP contribution in [0.5, 0.6) is 0 Å². The molecule has 2 heterocycles. The third kappa shape index (κ3) is 10.3. The van der Waals surface area contributed by atoms with Crippen LogP contribution in [0.4, 0.5) is 0 Å². The fourth-order valence-electron chi connectivity index (χ4n) is 3.07. The number of hydrogen-bond acceptors (Lipinski definition) is 8. The third-order valence-electron chi connectivity index (χ3n) is 4.50. The van der Waals surface area contributed by atoms with E-state index in [0.29, 0.717) is 5.15 Å². The first-order chi connectivity index (χ1) is 17.5. The van der Waals surface area contributed by atoms with Crippen LogP contribution in [-0.4, -0.2) is 30.2 Å². The van der Waals surface area contributed by atoms with Gasteiger partial charge >= 0.3 is 0 Å². The number of aryl methyl sites for hydroxylation is 2. The van der Waals surface area contributed by atoms with E-state index < -0.39 is 0 Å². The first kappa shape index (κ1) is 32.9. The molecule has 0 radical (unpaired) electrons. The first-order valence-corrected chi connectivity index (χ1v) is 12.2. The number of thiol groups is 1. The third-order valence-corrected chi connectivity index (χ3v) is 6.01. The molecule has 0 saturated heterocycles. The Labute approximate surface area is 227 Å². The molecule has 4 rings (SSSR count). The van der Waals surface area contributed by atoms with Gasteiger partial charge in [0, 0.05) is 23.7 Å². The van der Waals surface area contributed by atoms with Crippen LogP contribution in [0.2, 0.25) is 5.15 Å². The SMILES string of the molecule is C=O.CN.Cc1ccc(Cc2nc(C)c(-c3cnc(Cl)c(-c4ccccc4)c3)s2)cc1.NC=O.NS. The molecule has 0 fully saturated rings. The number of halogens is 1. The van der Waals surface area contributed by atoms with E-state index in [4.69, 9.17) is 26.2 Å². The number of carbonyl (C=O) groups is 2. The van der Waals surface area contributed by atoms with Gasteiger partial charge in [-0.15, -0.1) is 24.2 Å². The Bertz CT molecular complexity index is 1160. The maximum absolute atomic E-state index is 8.58. The molecular weight excluding hydrogens is 514 g/mol. The molecule has 0 aliphatic rings. The monoisotopic (exact) mass is 545 g/mol. The van der Waals surface area contributed by atoms with Crippen molar-refractivity contribution in [2.75, 3.05) is 7.05 Å². The number of hydrogen-bond donors (Lipinski definition) is 4. The van der Waals surface area contributed by atoms with Gasteiger partial charge in [0.1, 0.15) is 11.9 Å². The molecule has 6 N–H and O–H groups in total. The summed E-state index contributed by atoms with van der Waals surface area (Å²) in [6.45, 7) is 6.16. The number of primary amides is 1. The number of nitrogens with zero attached hydrogens (tertiary/aromatic N) is 2. The normalized spacial score (nSPS) is 8.97. The summed E-state index contributed by atoms with van der Waals surface area (Å²) in [5.41, 5.74) is 15.3. The van der Waals surface area contributed by atoms with E-state index in [1.165, 1.54) is 18.2 Å². The first-order valence-electron chi connectivity index (χ1n) is 10.5. The molecule has 0 bridgehead atoms.